The molecule has 0 atom stereocenters. The minimum Gasteiger partial charge on any atom is -0.253 e. The molecular formula is C7H4BrFIN. The van der Waals surface area contributed by atoms with E-state index in [0.29, 0.717) is 5.69 Å². The Bertz CT molecular complexity index is 270. The highest BCUT2D eigenvalue weighted by Gasteiger charge is 1.98. The monoisotopic (exact) mass is 327 g/mol. The van der Waals surface area contributed by atoms with Crippen LogP contribution in [0.2, 0.25) is 0 Å². The van der Waals surface area contributed by atoms with Crippen molar-refractivity contribution in [1.29, 1.82) is 0 Å². The van der Waals surface area contributed by atoms with Gasteiger partial charge in [-0.25, -0.2) is 4.39 Å². The van der Waals surface area contributed by atoms with E-state index >= 15 is 0 Å². The van der Waals surface area contributed by atoms with Crippen LogP contribution in [0.4, 0.5) is 4.39 Å². The molecule has 1 nitrogen and oxygen atoms in total. The first-order chi connectivity index (χ1) is 5.24. The summed E-state index contributed by atoms with van der Waals surface area (Å²) in [7, 11) is 0. The van der Waals surface area contributed by atoms with Gasteiger partial charge in [0.25, 0.3) is 0 Å². The second-order valence-electron chi connectivity index (χ2n) is 1.82. The van der Waals surface area contributed by atoms with Crippen LogP contribution in [0.15, 0.2) is 26.9 Å². The van der Waals surface area contributed by atoms with Crippen molar-refractivity contribution in [2.75, 3.05) is 0 Å². The van der Waals surface area contributed by atoms with Gasteiger partial charge in [0.05, 0.1) is 5.69 Å². The normalized spacial score (nSPS) is 11.7. The Hall–Kier alpha value is 0.0300. The average molecular weight is 328 g/mol. The molecule has 58 valence electrons. The van der Waals surface area contributed by atoms with Crippen molar-refractivity contribution in [2.45, 2.75) is 0 Å². The van der Waals surface area contributed by atoms with Gasteiger partial charge in [0.2, 0.25) is 0 Å². The highest BCUT2D eigenvalue weighted by Crippen LogP contribution is 2.16. The van der Waals surface area contributed by atoms with Crippen molar-refractivity contribution in [3.63, 3.8) is 0 Å². The molecule has 1 heterocycles. The lowest BCUT2D eigenvalue weighted by atomic mass is 10.3. The molecule has 0 aromatic carbocycles. The summed E-state index contributed by atoms with van der Waals surface area (Å²) in [6.07, 6.45) is 1.56. The third kappa shape index (κ3) is 2.52. The number of pyridine rings is 1. The lowest BCUT2D eigenvalue weighted by Gasteiger charge is -1.94. The standard InChI is InChI=1S/C7H4BrFIN/c8-5-1-2-7(11-4-5)6(9)3-10/h1-4H. The number of rotatable bonds is 1. The highest BCUT2D eigenvalue weighted by molar-refractivity contribution is 14.1. The molecule has 1 aromatic rings. The molecule has 0 bridgehead atoms. The van der Waals surface area contributed by atoms with E-state index in [2.05, 4.69) is 20.9 Å². The highest BCUT2D eigenvalue weighted by atomic mass is 127. The predicted octanol–water partition coefficient (Wildman–Crippen LogP) is 3.55. The molecule has 0 spiro atoms. The second-order valence-corrected chi connectivity index (χ2v) is 3.36. The summed E-state index contributed by atoms with van der Waals surface area (Å²) < 4.78 is 15.0. The van der Waals surface area contributed by atoms with E-state index in [0.717, 1.165) is 4.47 Å². The van der Waals surface area contributed by atoms with Crippen molar-refractivity contribution in [2.24, 2.45) is 0 Å². The topological polar surface area (TPSA) is 12.9 Å². The largest absolute Gasteiger partial charge is 0.253 e. The Morgan fingerprint density at radius 1 is 1.64 bits per heavy atom. The van der Waals surface area contributed by atoms with Gasteiger partial charge in [-0.3, -0.25) is 4.98 Å². The predicted molar refractivity (Wildman–Crippen MR) is 55.0 cm³/mol. The van der Waals surface area contributed by atoms with Crippen LogP contribution in [-0.2, 0) is 0 Å². The Morgan fingerprint density at radius 3 is 2.82 bits per heavy atom. The maximum Gasteiger partial charge on any atom is 0.154 e. The van der Waals surface area contributed by atoms with Crippen molar-refractivity contribution in [1.82, 2.24) is 4.98 Å². The van der Waals surface area contributed by atoms with Crippen LogP contribution < -0.4 is 0 Å². The summed E-state index contributed by atoms with van der Waals surface area (Å²) >= 11 is 5.05. The fraction of sp³-hybridized carbons (Fsp3) is 0. The third-order valence-corrected chi connectivity index (χ3v) is 2.08. The van der Waals surface area contributed by atoms with E-state index in [4.69, 9.17) is 0 Å². The lowest BCUT2D eigenvalue weighted by molar-refractivity contribution is 0.755. The van der Waals surface area contributed by atoms with E-state index in [1.165, 1.54) is 4.08 Å². The van der Waals surface area contributed by atoms with Gasteiger partial charge in [-0.2, -0.15) is 0 Å². The van der Waals surface area contributed by atoms with Crippen molar-refractivity contribution in [3.05, 3.63) is 32.6 Å². The third-order valence-electron chi connectivity index (χ3n) is 1.07. The molecule has 0 fully saturated rings. The summed E-state index contributed by atoms with van der Waals surface area (Å²) in [6, 6.07) is 3.37. The molecule has 1 rings (SSSR count). The Labute approximate surface area is 86.0 Å². The average Bonchev–Trinajstić information content (AvgIpc) is 2.05. The zero-order valence-electron chi connectivity index (χ0n) is 5.39. The van der Waals surface area contributed by atoms with Gasteiger partial charge >= 0.3 is 0 Å². The molecule has 0 unspecified atom stereocenters. The Balaban J connectivity index is 2.99. The molecule has 0 N–H and O–H groups in total. The van der Waals surface area contributed by atoms with Gasteiger partial charge in [-0.15, -0.1) is 0 Å². The summed E-state index contributed by atoms with van der Waals surface area (Å²) in [4.78, 5) is 3.85. The molecular weight excluding hydrogens is 324 g/mol. The first-order valence-electron chi connectivity index (χ1n) is 2.82. The van der Waals surface area contributed by atoms with Gasteiger partial charge in [0, 0.05) is 14.8 Å². The van der Waals surface area contributed by atoms with Crippen molar-refractivity contribution >= 4 is 44.3 Å². The van der Waals surface area contributed by atoms with Crippen LogP contribution >= 0.6 is 38.5 Å². The summed E-state index contributed by atoms with van der Waals surface area (Å²) in [5, 5.41) is 0. The van der Waals surface area contributed by atoms with Crippen LogP contribution in [-0.4, -0.2) is 4.98 Å². The number of hydrogen-bond donors (Lipinski definition) is 0. The Kier molecular flexibility index (Phi) is 3.45. The van der Waals surface area contributed by atoms with E-state index < -0.39 is 0 Å². The van der Waals surface area contributed by atoms with Crippen LogP contribution in [0.3, 0.4) is 0 Å². The van der Waals surface area contributed by atoms with Crippen LogP contribution in [0.25, 0.3) is 5.83 Å². The van der Waals surface area contributed by atoms with Crippen LogP contribution in [0, 0.1) is 0 Å². The molecule has 1 aromatic heterocycles. The van der Waals surface area contributed by atoms with Gasteiger partial charge < -0.3 is 0 Å². The zero-order valence-corrected chi connectivity index (χ0v) is 9.13. The van der Waals surface area contributed by atoms with E-state index in [9.17, 15) is 4.39 Å². The first-order valence-corrected chi connectivity index (χ1v) is 4.85. The van der Waals surface area contributed by atoms with E-state index in [1.807, 2.05) is 22.6 Å². The molecule has 0 aliphatic rings. The van der Waals surface area contributed by atoms with E-state index in [1.54, 1.807) is 18.3 Å². The second kappa shape index (κ2) is 4.15. The first kappa shape index (κ1) is 9.12. The molecule has 0 radical (unpaired) electrons. The minimum absolute atomic E-state index is 0.307. The summed E-state index contributed by atoms with van der Waals surface area (Å²) in [5.41, 5.74) is 0.364. The van der Waals surface area contributed by atoms with Crippen LogP contribution in [0.5, 0.6) is 0 Å². The molecule has 0 aliphatic carbocycles. The Morgan fingerprint density at radius 2 is 2.36 bits per heavy atom. The van der Waals surface area contributed by atoms with Crippen molar-refractivity contribution < 1.29 is 4.39 Å². The van der Waals surface area contributed by atoms with Gasteiger partial charge in [-0.05, 0) is 50.7 Å². The summed E-state index contributed by atoms with van der Waals surface area (Å²) in [5.74, 6) is -0.307. The fourth-order valence-corrected chi connectivity index (χ4v) is 1.13. The number of halogens is 3. The molecule has 11 heavy (non-hydrogen) atoms. The quantitative estimate of drug-likeness (QED) is 0.719. The lowest BCUT2D eigenvalue weighted by Crippen LogP contribution is -1.81. The van der Waals surface area contributed by atoms with Crippen molar-refractivity contribution in [3.8, 4) is 0 Å². The minimum atomic E-state index is -0.307. The fourth-order valence-electron chi connectivity index (χ4n) is 0.573. The molecule has 0 aliphatic heterocycles. The van der Waals surface area contributed by atoms with Crippen LogP contribution in [0.1, 0.15) is 5.69 Å². The number of nitrogens with zero attached hydrogens (tertiary/aromatic N) is 1. The van der Waals surface area contributed by atoms with Gasteiger partial charge in [0.15, 0.2) is 5.83 Å². The molecule has 4 heteroatoms. The molecule has 0 amide bonds. The smallest absolute Gasteiger partial charge is 0.154 e. The maximum absolute atomic E-state index is 12.8. The SMILES string of the molecule is FC(=CI)c1ccc(Br)cn1. The number of aromatic nitrogens is 1. The summed E-state index contributed by atoms with van der Waals surface area (Å²) in [6.45, 7) is 0. The van der Waals surface area contributed by atoms with Gasteiger partial charge in [-0.1, -0.05) is 0 Å². The van der Waals surface area contributed by atoms with E-state index in [-0.39, 0.29) is 5.83 Å². The van der Waals surface area contributed by atoms with Gasteiger partial charge in [0.1, 0.15) is 0 Å². The zero-order chi connectivity index (χ0) is 8.27. The molecule has 0 saturated heterocycles. The molecule has 0 saturated carbocycles. The number of hydrogen-bond acceptors (Lipinski definition) is 1. The maximum atomic E-state index is 12.8.